The van der Waals surface area contributed by atoms with E-state index >= 15 is 0 Å². The molecule has 0 spiro atoms. The van der Waals surface area contributed by atoms with E-state index in [2.05, 4.69) is 11.4 Å². The van der Waals surface area contributed by atoms with Crippen LogP contribution < -0.4 is 5.32 Å². The van der Waals surface area contributed by atoms with E-state index < -0.39 is 28.6 Å². The molecule has 1 aromatic rings. The number of nitrogens with zero attached hydrogens (tertiary/aromatic N) is 1. The van der Waals surface area contributed by atoms with Gasteiger partial charge in [0.15, 0.2) is 0 Å². The van der Waals surface area contributed by atoms with Crippen LogP contribution in [0.3, 0.4) is 0 Å². The molecule has 1 aromatic carbocycles. The third-order valence-corrected chi connectivity index (χ3v) is 4.07. The first-order valence-electron chi connectivity index (χ1n) is 6.86. The van der Waals surface area contributed by atoms with Crippen LogP contribution in [0, 0.1) is 23.0 Å². The highest BCUT2D eigenvalue weighted by Gasteiger charge is 2.33. The fourth-order valence-corrected chi connectivity index (χ4v) is 2.73. The van der Waals surface area contributed by atoms with Gasteiger partial charge in [-0.15, -0.1) is 0 Å². The van der Waals surface area contributed by atoms with E-state index in [1.54, 1.807) is 0 Å². The lowest BCUT2D eigenvalue weighted by Crippen LogP contribution is -2.47. The van der Waals surface area contributed by atoms with Crippen molar-refractivity contribution in [1.29, 1.82) is 5.26 Å². The second-order valence-corrected chi connectivity index (χ2v) is 5.72. The van der Waals surface area contributed by atoms with Gasteiger partial charge in [-0.1, -0.05) is 37.3 Å². The number of hydrogen-bond acceptors (Lipinski definition) is 2. The second kappa shape index (κ2) is 6.40. The summed E-state index contributed by atoms with van der Waals surface area (Å²) in [5.41, 5.74) is -1.44. The lowest BCUT2D eigenvalue weighted by molar-refractivity contribution is 0.0908. The monoisotopic (exact) mass is 312 g/mol. The standard InChI is InChI=1S/C15H15ClF2N2O/c16-11-8-12(17)10(7-13(11)18)14(21)20-15(9-19)5-3-1-2-4-6-15/h7-8H,1-6H2,(H,20,21). The molecule has 0 aromatic heterocycles. The topological polar surface area (TPSA) is 52.9 Å². The first-order chi connectivity index (χ1) is 9.97. The largest absolute Gasteiger partial charge is 0.334 e. The Morgan fingerprint density at radius 3 is 2.38 bits per heavy atom. The van der Waals surface area contributed by atoms with E-state index in [0.717, 1.165) is 37.8 Å². The molecular formula is C15H15ClF2N2O. The van der Waals surface area contributed by atoms with Crippen LogP contribution in [-0.4, -0.2) is 11.4 Å². The number of carbonyl (C=O) groups is 1. The molecule has 6 heteroatoms. The van der Waals surface area contributed by atoms with Crippen molar-refractivity contribution in [3.8, 4) is 6.07 Å². The molecule has 0 unspecified atom stereocenters. The highest BCUT2D eigenvalue weighted by molar-refractivity contribution is 6.30. The van der Waals surface area contributed by atoms with Gasteiger partial charge in [-0.2, -0.15) is 5.26 Å². The van der Waals surface area contributed by atoms with Crippen LogP contribution >= 0.6 is 11.6 Å². The number of nitriles is 1. The predicted molar refractivity (Wildman–Crippen MR) is 74.9 cm³/mol. The maximum atomic E-state index is 13.7. The van der Waals surface area contributed by atoms with Crippen molar-refractivity contribution in [3.63, 3.8) is 0 Å². The Labute approximate surface area is 126 Å². The maximum Gasteiger partial charge on any atom is 0.255 e. The van der Waals surface area contributed by atoms with Crippen molar-refractivity contribution in [1.82, 2.24) is 5.32 Å². The Balaban J connectivity index is 2.24. The van der Waals surface area contributed by atoms with E-state index in [1.807, 2.05) is 0 Å². The highest BCUT2D eigenvalue weighted by atomic mass is 35.5. The first kappa shape index (κ1) is 15.7. The molecule has 0 bridgehead atoms. The number of rotatable bonds is 2. The van der Waals surface area contributed by atoms with Crippen molar-refractivity contribution >= 4 is 17.5 Å². The van der Waals surface area contributed by atoms with E-state index in [9.17, 15) is 18.8 Å². The molecule has 0 radical (unpaired) electrons. The van der Waals surface area contributed by atoms with Gasteiger partial charge in [-0.3, -0.25) is 4.79 Å². The van der Waals surface area contributed by atoms with Crippen molar-refractivity contribution in [3.05, 3.63) is 34.4 Å². The number of hydrogen-bond donors (Lipinski definition) is 1. The van der Waals surface area contributed by atoms with Crippen LogP contribution in [0.25, 0.3) is 0 Å². The molecule has 0 heterocycles. The third-order valence-electron chi connectivity index (χ3n) is 3.78. The molecule has 1 aliphatic carbocycles. The summed E-state index contributed by atoms with van der Waals surface area (Å²) in [4.78, 5) is 12.2. The molecule has 0 aliphatic heterocycles. The number of halogens is 3. The fourth-order valence-electron chi connectivity index (χ4n) is 2.58. The molecule has 1 aliphatic rings. The average molecular weight is 313 g/mol. The van der Waals surface area contributed by atoms with Gasteiger partial charge in [-0.05, 0) is 25.0 Å². The van der Waals surface area contributed by atoms with Crippen molar-refractivity contribution < 1.29 is 13.6 Å². The molecule has 0 saturated heterocycles. The summed E-state index contributed by atoms with van der Waals surface area (Å²) in [6.45, 7) is 0. The van der Waals surface area contributed by atoms with Crippen LogP contribution in [0.5, 0.6) is 0 Å². The molecule has 1 N–H and O–H groups in total. The zero-order valence-corrected chi connectivity index (χ0v) is 12.1. The van der Waals surface area contributed by atoms with Crippen LogP contribution in [-0.2, 0) is 0 Å². The van der Waals surface area contributed by atoms with Crippen LogP contribution in [0.4, 0.5) is 8.78 Å². The maximum absolute atomic E-state index is 13.7. The zero-order valence-electron chi connectivity index (χ0n) is 11.4. The normalized spacial score (nSPS) is 17.6. The van der Waals surface area contributed by atoms with Gasteiger partial charge in [-0.25, -0.2) is 8.78 Å². The fraction of sp³-hybridized carbons (Fsp3) is 0.467. The molecule has 1 fully saturated rings. The van der Waals surface area contributed by atoms with E-state index in [4.69, 9.17) is 11.6 Å². The number of nitrogens with one attached hydrogen (secondary N) is 1. The minimum absolute atomic E-state index is 0.381. The van der Waals surface area contributed by atoms with Crippen molar-refractivity contribution in [2.45, 2.75) is 44.1 Å². The van der Waals surface area contributed by atoms with Gasteiger partial charge in [0.2, 0.25) is 0 Å². The van der Waals surface area contributed by atoms with Crippen LogP contribution in [0.1, 0.15) is 48.9 Å². The van der Waals surface area contributed by atoms with Crippen LogP contribution in [0.2, 0.25) is 5.02 Å². The highest BCUT2D eigenvalue weighted by Crippen LogP contribution is 2.27. The van der Waals surface area contributed by atoms with E-state index in [0.29, 0.717) is 12.8 Å². The smallest absolute Gasteiger partial charge is 0.255 e. The lowest BCUT2D eigenvalue weighted by Gasteiger charge is -2.26. The summed E-state index contributed by atoms with van der Waals surface area (Å²) in [6.07, 6.45) is 4.70. The minimum Gasteiger partial charge on any atom is -0.334 e. The number of amides is 1. The lowest BCUT2D eigenvalue weighted by atomic mass is 9.91. The molecular weight excluding hydrogens is 298 g/mol. The predicted octanol–water partition coefficient (Wildman–Crippen LogP) is 3.96. The average Bonchev–Trinajstić information content (AvgIpc) is 2.69. The van der Waals surface area contributed by atoms with Crippen molar-refractivity contribution in [2.75, 3.05) is 0 Å². The quantitative estimate of drug-likeness (QED) is 0.663. The molecule has 1 amide bonds. The third kappa shape index (κ3) is 3.51. The van der Waals surface area contributed by atoms with Gasteiger partial charge in [0, 0.05) is 0 Å². The minimum atomic E-state index is -1.00. The SMILES string of the molecule is N#CC1(NC(=O)c2cc(F)c(Cl)cc2F)CCCCCC1. The summed E-state index contributed by atoms with van der Waals surface area (Å²) >= 11 is 5.46. The molecule has 1 saturated carbocycles. The van der Waals surface area contributed by atoms with Crippen LogP contribution in [0.15, 0.2) is 12.1 Å². The molecule has 21 heavy (non-hydrogen) atoms. The molecule has 112 valence electrons. The Hall–Kier alpha value is -1.67. The molecule has 2 rings (SSSR count). The van der Waals surface area contributed by atoms with E-state index in [1.165, 1.54) is 0 Å². The number of carbonyl (C=O) groups excluding carboxylic acids is 1. The Morgan fingerprint density at radius 2 is 1.81 bits per heavy atom. The van der Waals surface area contributed by atoms with Gasteiger partial charge in [0.25, 0.3) is 5.91 Å². The Bertz CT molecular complexity index is 590. The van der Waals surface area contributed by atoms with Crippen molar-refractivity contribution in [2.24, 2.45) is 0 Å². The summed E-state index contributed by atoms with van der Waals surface area (Å²) in [5.74, 6) is -2.55. The van der Waals surface area contributed by atoms with Gasteiger partial charge in [0.1, 0.15) is 17.2 Å². The molecule has 0 atom stereocenters. The summed E-state index contributed by atoms with van der Waals surface area (Å²) < 4.78 is 27.1. The van der Waals surface area contributed by atoms with E-state index in [-0.39, 0.29) is 5.02 Å². The first-order valence-corrected chi connectivity index (χ1v) is 7.23. The summed E-state index contributed by atoms with van der Waals surface area (Å²) in [7, 11) is 0. The van der Waals surface area contributed by atoms with Gasteiger partial charge < -0.3 is 5.32 Å². The van der Waals surface area contributed by atoms with Gasteiger partial charge >= 0.3 is 0 Å². The van der Waals surface area contributed by atoms with Gasteiger partial charge in [0.05, 0.1) is 16.7 Å². The Kier molecular flexibility index (Phi) is 4.79. The Morgan fingerprint density at radius 1 is 1.19 bits per heavy atom. The zero-order chi connectivity index (χ0) is 15.5. The summed E-state index contributed by atoms with van der Waals surface area (Å²) in [6, 6.07) is 3.65. The number of benzene rings is 1. The second-order valence-electron chi connectivity index (χ2n) is 5.31. The summed E-state index contributed by atoms with van der Waals surface area (Å²) in [5, 5.41) is 11.6. The molecule has 3 nitrogen and oxygen atoms in total.